The number of nitrogens with one attached hydrogen (secondary N) is 2. The molecule has 0 unspecified atom stereocenters. The maximum absolute atomic E-state index is 12.3. The van der Waals surface area contributed by atoms with Crippen LogP contribution in [-0.2, 0) is 16.0 Å². The molecule has 0 saturated carbocycles. The van der Waals surface area contributed by atoms with Gasteiger partial charge in [-0.15, -0.1) is 0 Å². The largest absolute Gasteiger partial charge is 0.369 e. The number of rotatable bonds is 7. The van der Waals surface area contributed by atoms with Gasteiger partial charge in [-0.05, 0) is 36.6 Å². The molecule has 0 spiro atoms. The highest BCUT2D eigenvalue weighted by Gasteiger charge is 2.20. The fourth-order valence-corrected chi connectivity index (χ4v) is 3.65. The lowest BCUT2D eigenvalue weighted by Crippen LogP contribution is -2.50. The Labute approximate surface area is 172 Å². The molecule has 29 heavy (non-hydrogen) atoms. The Morgan fingerprint density at radius 1 is 0.931 bits per heavy atom. The smallest absolute Gasteiger partial charge is 0.243 e. The summed E-state index contributed by atoms with van der Waals surface area (Å²) in [6.45, 7) is 7.93. The normalized spacial score (nSPS) is 14.5. The Bertz CT molecular complexity index is 844. The van der Waals surface area contributed by atoms with Gasteiger partial charge in [0.2, 0.25) is 11.8 Å². The third kappa shape index (κ3) is 5.81. The van der Waals surface area contributed by atoms with E-state index in [1.54, 1.807) is 0 Å². The molecule has 0 aliphatic carbocycles. The van der Waals surface area contributed by atoms with E-state index in [2.05, 4.69) is 51.6 Å². The van der Waals surface area contributed by atoms with Crippen LogP contribution in [0.15, 0.2) is 48.5 Å². The van der Waals surface area contributed by atoms with Crippen molar-refractivity contribution in [1.82, 2.24) is 10.2 Å². The van der Waals surface area contributed by atoms with Gasteiger partial charge in [-0.3, -0.25) is 14.5 Å². The number of hydrogen-bond acceptors (Lipinski definition) is 4. The number of nitrogens with zero attached hydrogens (tertiary/aromatic N) is 2. The highest BCUT2D eigenvalue weighted by molar-refractivity contribution is 5.95. The van der Waals surface area contributed by atoms with Crippen LogP contribution in [0, 0.1) is 6.92 Å². The van der Waals surface area contributed by atoms with Gasteiger partial charge in [0, 0.05) is 37.6 Å². The Hall–Kier alpha value is -2.86. The molecule has 1 fully saturated rings. The van der Waals surface area contributed by atoms with Crippen molar-refractivity contribution in [3.63, 3.8) is 0 Å². The minimum Gasteiger partial charge on any atom is -0.369 e. The molecule has 1 aliphatic heterocycles. The zero-order chi connectivity index (χ0) is 20.6. The summed E-state index contributed by atoms with van der Waals surface area (Å²) in [7, 11) is 0. The molecule has 1 saturated heterocycles. The molecule has 2 aromatic rings. The number of carbonyl (C=O) groups excluding carboxylic acids is 2. The van der Waals surface area contributed by atoms with Crippen LogP contribution in [0.25, 0.3) is 0 Å². The van der Waals surface area contributed by atoms with Crippen LogP contribution in [0.2, 0.25) is 0 Å². The highest BCUT2D eigenvalue weighted by Crippen LogP contribution is 2.20. The number of carbonyl (C=O) groups is 2. The van der Waals surface area contributed by atoms with Crippen LogP contribution in [0.4, 0.5) is 11.4 Å². The topological polar surface area (TPSA) is 64.7 Å². The number of piperazine rings is 1. The second kappa shape index (κ2) is 10.1. The van der Waals surface area contributed by atoms with Gasteiger partial charge in [0.05, 0.1) is 13.1 Å². The summed E-state index contributed by atoms with van der Waals surface area (Å²) >= 11 is 0. The molecule has 0 atom stereocenters. The third-order valence-corrected chi connectivity index (χ3v) is 5.31. The molecule has 154 valence electrons. The van der Waals surface area contributed by atoms with Crippen molar-refractivity contribution < 1.29 is 9.59 Å². The van der Waals surface area contributed by atoms with Crippen LogP contribution in [0.3, 0.4) is 0 Å². The third-order valence-electron chi connectivity index (χ3n) is 5.31. The lowest BCUT2D eigenvalue weighted by atomic mass is 10.1. The number of hydrogen-bond donors (Lipinski definition) is 2. The minimum atomic E-state index is -0.205. The zero-order valence-electron chi connectivity index (χ0n) is 17.3. The van der Waals surface area contributed by atoms with Gasteiger partial charge >= 0.3 is 0 Å². The Morgan fingerprint density at radius 3 is 2.34 bits per heavy atom. The van der Waals surface area contributed by atoms with E-state index < -0.39 is 0 Å². The maximum atomic E-state index is 12.3. The van der Waals surface area contributed by atoms with Crippen molar-refractivity contribution >= 4 is 23.2 Å². The van der Waals surface area contributed by atoms with E-state index in [0.717, 1.165) is 43.9 Å². The number of anilines is 2. The molecular weight excluding hydrogens is 364 g/mol. The number of benzene rings is 2. The van der Waals surface area contributed by atoms with Crippen molar-refractivity contribution in [2.24, 2.45) is 0 Å². The van der Waals surface area contributed by atoms with Crippen molar-refractivity contribution in [2.45, 2.75) is 20.3 Å². The molecule has 0 aromatic heterocycles. The Morgan fingerprint density at radius 2 is 1.62 bits per heavy atom. The van der Waals surface area contributed by atoms with Crippen molar-refractivity contribution in [3.8, 4) is 0 Å². The first-order valence-corrected chi connectivity index (χ1v) is 10.2. The van der Waals surface area contributed by atoms with Gasteiger partial charge in [-0.2, -0.15) is 0 Å². The fourth-order valence-electron chi connectivity index (χ4n) is 3.65. The monoisotopic (exact) mass is 394 g/mol. The predicted molar refractivity (Wildman–Crippen MR) is 117 cm³/mol. The molecule has 1 heterocycles. The first kappa shape index (κ1) is 20.9. The molecule has 1 aliphatic rings. The van der Waals surface area contributed by atoms with E-state index in [4.69, 9.17) is 0 Å². The molecule has 2 N–H and O–H groups in total. The highest BCUT2D eigenvalue weighted by atomic mass is 16.2. The molecule has 2 aromatic carbocycles. The van der Waals surface area contributed by atoms with Gasteiger partial charge in [-0.1, -0.05) is 43.3 Å². The summed E-state index contributed by atoms with van der Waals surface area (Å²) in [4.78, 5) is 28.9. The van der Waals surface area contributed by atoms with E-state index in [9.17, 15) is 9.59 Å². The molecule has 0 radical (unpaired) electrons. The maximum Gasteiger partial charge on any atom is 0.243 e. The first-order chi connectivity index (χ1) is 14.1. The summed E-state index contributed by atoms with van der Waals surface area (Å²) in [5, 5.41) is 5.61. The van der Waals surface area contributed by atoms with E-state index in [0.29, 0.717) is 6.54 Å². The summed E-state index contributed by atoms with van der Waals surface area (Å²) in [5.74, 6) is -0.322. The van der Waals surface area contributed by atoms with Crippen LogP contribution < -0.4 is 15.5 Å². The molecule has 6 nitrogen and oxygen atoms in total. The lowest BCUT2D eigenvalue weighted by molar-refractivity contribution is -0.125. The van der Waals surface area contributed by atoms with Crippen molar-refractivity contribution in [3.05, 3.63) is 59.7 Å². The average Bonchev–Trinajstić information content (AvgIpc) is 2.74. The van der Waals surface area contributed by atoms with Crippen molar-refractivity contribution in [2.75, 3.05) is 49.5 Å². The fraction of sp³-hybridized carbons (Fsp3) is 0.391. The van der Waals surface area contributed by atoms with Crippen LogP contribution in [0.1, 0.15) is 18.1 Å². The van der Waals surface area contributed by atoms with Gasteiger partial charge in [0.1, 0.15) is 0 Å². The van der Waals surface area contributed by atoms with Gasteiger partial charge < -0.3 is 15.5 Å². The number of para-hydroxylation sites is 2. The zero-order valence-corrected chi connectivity index (χ0v) is 17.3. The SMILES string of the molecule is CCc1ccccc1NC(=O)CNC(=O)CN1CCN(c2ccccc2C)CC1. The van der Waals surface area contributed by atoms with Gasteiger partial charge in [0.25, 0.3) is 0 Å². The summed E-state index contributed by atoms with van der Waals surface area (Å²) in [6, 6.07) is 16.1. The Balaban J connectivity index is 1.40. The molecule has 6 heteroatoms. The molecule has 2 amide bonds. The number of aryl methyl sites for hydroxylation is 2. The van der Waals surface area contributed by atoms with Gasteiger partial charge in [-0.25, -0.2) is 0 Å². The first-order valence-electron chi connectivity index (χ1n) is 10.2. The standard InChI is InChI=1S/C23H30N4O2/c1-3-19-9-5-6-10-20(19)25-22(28)16-24-23(29)17-26-12-14-27(15-13-26)21-11-7-4-8-18(21)2/h4-11H,3,12-17H2,1-2H3,(H,24,29)(H,25,28). The predicted octanol–water partition coefficient (Wildman–Crippen LogP) is 2.43. The van der Waals surface area contributed by atoms with Crippen LogP contribution >= 0.6 is 0 Å². The van der Waals surface area contributed by atoms with Crippen LogP contribution in [0.5, 0.6) is 0 Å². The average molecular weight is 395 g/mol. The van der Waals surface area contributed by atoms with Crippen molar-refractivity contribution in [1.29, 1.82) is 0 Å². The summed E-state index contributed by atoms with van der Waals surface area (Å²) < 4.78 is 0. The van der Waals surface area contributed by atoms with Crippen LogP contribution in [-0.4, -0.2) is 56.0 Å². The second-order valence-electron chi connectivity index (χ2n) is 7.39. The molecule has 0 bridgehead atoms. The van der Waals surface area contributed by atoms with E-state index in [1.165, 1.54) is 11.3 Å². The lowest BCUT2D eigenvalue weighted by Gasteiger charge is -2.36. The van der Waals surface area contributed by atoms with E-state index in [1.807, 2.05) is 31.2 Å². The quantitative estimate of drug-likeness (QED) is 0.757. The van der Waals surface area contributed by atoms with E-state index in [-0.39, 0.29) is 18.4 Å². The minimum absolute atomic E-state index is 0.0138. The summed E-state index contributed by atoms with van der Waals surface area (Å²) in [6.07, 6.45) is 0.845. The second-order valence-corrected chi connectivity index (χ2v) is 7.39. The molecule has 3 rings (SSSR count). The van der Waals surface area contributed by atoms with E-state index >= 15 is 0 Å². The summed E-state index contributed by atoms with van der Waals surface area (Å²) in [5.41, 5.74) is 4.43. The van der Waals surface area contributed by atoms with Gasteiger partial charge in [0.15, 0.2) is 0 Å². The molecular formula is C23H30N4O2. The Kier molecular flexibility index (Phi) is 7.25. The number of amides is 2.